The van der Waals surface area contributed by atoms with Gasteiger partial charge in [-0.15, -0.1) is 4.91 Å². The fraction of sp³-hybridized carbons (Fsp3) is 0.455. The summed E-state index contributed by atoms with van der Waals surface area (Å²) in [4.78, 5) is 10.4. The minimum absolute atomic E-state index is 0.00919. The third kappa shape index (κ3) is 1.92. The van der Waals surface area contributed by atoms with Crippen LogP contribution in [0.1, 0.15) is 31.9 Å². The van der Waals surface area contributed by atoms with Crippen molar-refractivity contribution < 1.29 is 5.11 Å². The molecule has 1 aromatic carbocycles. The first-order chi connectivity index (χ1) is 6.36. The molecule has 0 aliphatic carbocycles. The topological polar surface area (TPSA) is 52.5 Å². The number of hydrogen-bond acceptors (Lipinski definition) is 3. The number of benzene rings is 1. The van der Waals surface area contributed by atoms with Gasteiger partial charge in [0, 0.05) is 0 Å². The van der Waals surface area contributed by atoms with Crippen molar-refractivity contribution in [2.75, 3.05) is 0 Å². The second-order valence-corrected chi connectivity index (χ2v) is 4.50. The third-order valence-electron chi connectivity index (χ3n) is 2.12. The molecule has 0 saturated carbocycles. The molecule has 0 aliphatic rings. The van der Waals surface area contributed by atoms with Crippen molar-refractivity contribution in [1.29, 1.82) is 0 Å². The van der Waals surface area contributed by atoms with E-state index in [0.717, 1.165) is 5.56 Å². The number of aryl methyl sites for hydroxylation is 1. The lowest BCUT2D eigenvalue weighted by molar-refractivity contribution is -0.269. The highest BCUT2D eigenvalue weighted by atomic mass is 16.3. The first-order valence-electron chi connectivity index (χ1n) is 4.52. The predicted octanol–water partition coefficient (Wildman–Crippen LogP) is 2.76. The van der Waals surface area contributed by atoms with Crippen LogP contribution >= 0.6 is 0 Å². The van der Waals surface area contributed by atoms with Gasteiger partial charge in [0.2, 0.25) is 0 Å². The van der Waals surface area contributed by atoms with Crippen molar-refractivity contribution in [3.8, 4) is 5.75 Å². The summed E-state index contributed by atoms with van der Waals surface area (Å²) in [7, 11) is 0. The van der Waals surface area contributed by atoms with Crippen molar-refractivity contribution in [3.05, 3.63) is 28.2 Å². The van der Waals surface area contributed by atoms with Crippen LogP contribution < -0.4 is 5.11 Å². The molecule has 0 bridgehead atoms. The van der Waals surface area contributed by atoms with Crippen LogP contribution in [0.3, 0.4) is 0 Å². The molecule has 0 N–H and O–H groups in total. The van der Waals surface area contributed by atoms with E-state index in [1.807, 2.05) is 33.8 Å². The van der Waals surface area contributed by atoms with Crippen LogP contribution in [0, 0.1) is 11.8 Å². The third-order valence-corrected chi connectivity index (χ3v) is 2.12. The molecule has 0 aromatic heterocycles. The zero-order valence-electron chi connectivity index (χ0n) is 8.92. The molecule has 3 heteroatoms. The second-order valence-electron chi connectivity index (χ2n) is 4.50. The molecule has 0 amide bonds. The van der Waals surface area contributed by atoms with E-state index in [0.29, 0.717) is 5.56 Å². The second kappa shape index (κ2) is 3.40. The van der Waals surface area contributed by atoms with E-state index in [-0.39, 0.29) is 16.9 Å². The van der Waals surface area contributed by atoms with Gasteiger partial charge in [0.15, 0.2) is 0 Å². The summed E-state index contributed by atoms with van der Waals surface area (Å²) in [6.45, 7) is 7.68. The summed E-state index contributed by atoms with van der Waals surface area (Å²) in [5.74, 6) is -0.252. The monoisotopic (exact) mass is 192 g/mol. The van der Waals surface area contributed by atoms with Gasteiger partial charge in [0.25, 0.3) is 0 Å². The van der Waals surface area contributed by atoms with E-state index in [9.17, 15) is 10.0 Å². The van der Waals surface area contributed by atoms with Gasteiger partial charge in [-0.25, -0.2) is 0 Å². The zero-order valence-corrected chi connectivity index (χ0v) is 8.92. The molecule has 1 aromatic rings. The Morgan fingerprint density at radius 2 is 1.86 bits per heavy atom. The Balaban J connectivity index is 3.44. The van der Waals surface area contributed by atoms with Crippen LogP contribution in [0.5, 0.6) is 5.75 Å². The highest BCUT2D eigenvalue weighted by Gasteiger charge is 2.16. The van der Waals surface area contributed by atoms with E-state index < -0.39 is 0 Å². The molecule has 3 nitrogen and oxygen atoms in total. The SMILES string of the molecule is Cc1cc(N=O)c([O-])c(C(C)(C)C)c1. The smallest absolute Gasteiger partial charge is 0.100 e. The molecule has 0 radical (unpaired) electrons. The standard InChI is InChI=1S/C11H15NO2/c1-7-5-8(11(2,3)4)10(13)9(6-7)12-14/h5-6,13H,1-4H3/p-1. The fourth-order valence-corrected chi connectivity index (χ4v) is 1.38. The van der Waals surface area contributed by atoms with Gasteiger partial charge >= 0.3 is 0 Å². The molecule has 0 saturated heterocycles. The van der Waals surface area contributed by atoms with Gasteiger partial charge in [-0.3, -0.25) is 0 Å². The predicted molar refractivity (Wildman–Crippen MR) is 54.8 cm³/mol. The Bertz CT molecular complexity index is 364. The largest absolute Gasteiger partial charge is 0.871 e. The van der Waals surface area contributed by atoms with Crippen LogP contribution in [0.25, 0.3) is 0 Å². The van der Waals surface area contributed by atoms with Crippen molar-refractivity contribution in [1.82, 2.24) is 0 Å². The van der Waals surface area contributed by atoms with Gasteiger partial charge in [0.05, 0.1) is 0 Å². The summed E-state index contributed by atoms with van der Waals surface area (Å²) in [5.41, 5.74) is 1.30. The zero-order chi connectivity index (χ0) is 10.9. The van der Waals surface area contributed by atoms with Crippen LogP contribution in [0.15, 0.2) is 17.3 Å². The van der Waals surface area contributed by atoms with E-state index in [4.69, 9.17) is 0 Å². The van der Waals surface area contributed by atoms with Gasteiger partial charge < -0.3 is 5.11 Å². The van der Waals surface area contributed by atoms with Crippen LogP contribution in [0.4, 0.5) is 5.69 Å². The molecule has 14 heavy (non-hydrogen) atoms. The molecule has 0 spiro atoms. The molecule has 0 aliphatic heterocycles. The number of nitrogens with zero attached hydrogens (tertiary/aromatic N) is 1. The summed E-state index contributed by atoms with van der Waals surface area (Å²) in [6.07, 6.45) is 0. The maximum atomic E-state index is 11.7. The molecule has 0 unspecified atom stereocenters. The molecular weight excluding hydrogens is 178 g/mol. The lowest BCUT2D eigenvalue weighted by Crippen LogP contribution is -2.14. The molecule has 0 heterocycles. The van der Waals surface area contributed by atoms with E-state index in [1.165, 1.54) is 6.07 Å². The average molecular weight is 192 g/mol. The maximum Gasteiger partial charge on any atom is 0.100 e. The molecule has 1 rings (SSSR count). The maximum absolute atomic E-state index is 11.7. The highest BCUT2D eigenvalue weighted by Crippen LogP contribution is 2.36. The molecule has 76 valence electrons. The van der Waals surface area contributed by atoms with E-state index in [1.54, 1.807) is 0 Å². The lowest BCUT2D eigenvalue weighted by atomic mass is 9.85. The van der Waals surface area contributed by atoms with Gasteiger partial charge in [0.1, 0.15) is 5.69 Å². The fourth-order valence-electron chi connectivity index (χ4n) is 1.38. The Labute approximate surface area is 83.7 Å². The molecule has 0 atom stereocenters. The van der Waals surface area contributed by atoms with E-state index >= 15 is 0 Å². The minimum atomic E-state index is -0.252. The Morgan fingerprint density at radius 3 is 2.29 bits per heavy atom. The van der Waals surface area contributed by atoms with Crippen LogP contribution in [-0.2, 0) is 5.41 Å². The minimum Gasteiger partial charge on any atom is -0.871 e. The average Bonchev–Trinajstić information content (AvgIpc) is 2.06. The van der Waals surface area contributed by atoms with Crippen LogP contribution in [-0.4, -0.2) is 0 Å². The van der Waals surface area contributed by atoms with Crippen molar-refractivity contribution in [2.24, 2.45) is 5.18 Å². The molecule has 0 fully saturated rings. The van der Waals surface area contributed by atoms with E-state index in [2.05, 4.69) is 5.18 Å². The number of hydrogen-bond donors (Lipinski definition) is 0. The summed E-state index contributed by atoms with van der Waals surface area (Å²) < 4.78 is 0. The Morgan fingerprint density at radius 1 is 1.29 bits per heavy atom. The Kier molecular flexibility index (Phi) is 2.60. The normalized spacial score (nSPS) is 11.4. The van der Waals surface area contributed by atoms with Gasteiger partial charge in [-0.1, -0.05) is 32.6 Å². The number of rotatable bonds is 1. The molecular formula is C11H14NO2-. The number of nitroso groups, excluding NO2 is 1. The summed E-state index contributed by atoms with van der Waals surface area (Å²) >= 11 is 0. The van der Waals surface area contributed by atoms with Gasteiger partial charge in [-0.2, -0.15) is 0 Å². The van der Waals surface area contributed by atoms with Crippen molar-refractivity contribution in [3.63, 3.8) is 0 Å². The summed E-state index contributed by atoms with van der Waals surface area (Å²) in [5, 5.41) is 14.4. The lowest BCUT2D eigenvalue weighted by Gasteiger charge is -2.26. The van der Waals surface area contributed by atoms with Crippen molar-refractivity contribution in [2.45, 2.75) is 33.1 Å². The first kappa shape index (κ1) is 10.7. The summed E-state index contributed by atoms with van der Waals surface area (Å²) in [6, 6.07) is 3.33. The first-order valence-corrected chi connectivity index (χ1v) is 4.52. The van der Waals surface area contributed by atoms with Gasteiger partial charge in [-0.05, 0) is 34.7 Å². The van der Waals surface area contributed by atoms with Crippen LogP contribution in [0.2, 0.25) is 0 Å². The Hall–Kier alpha value is -1.38. The van der Waals surface area contributed by atoms with Crippen molar-refractivity contribution >= 4 is 5.69 Å². The quantitative estimate of drug-likeness (QED) is 0.642. The highest BCUT2D eigenvalue weighted by molar-refractivity contribution is 5.58.